The van der Waals surface area contributed by atoms with Crippen LogP contribution in [0.1, 0.15) is 0 Å². The summed E-state index contributed by atoms with van der Waals surface area (Å²) >= 11 is 0. The summed E-state index contributed by atoms with van der Waals surface area (Å²) in [5, 5.41) is 0. The minimum absolute atomic E-state index is 0.287. The second-order valence-corrected chi connectivity index (χ2v) is 3.48. The van der Waals surface area contributed by atoms with Crippen molar-refractivity contribution < 1.29 is 9.53 Å². The molecule has 0 aromatic rings. The molecule has 3 nitrogen and oxygen atoms in total. The predicted molar refractivity (Wildman–Crippen MR) is 40.3 cm³/mol. The molecule has 2 saturated heterocycles. The van der Waals surface area contributed by atoms with E-state index in [4.69, 9.17) is 4.74 Å². The van der Waals surface area contributed by atoms with E-state index in [0.717, 1.165) is 19.7 Å². The zero-order chi connectivity index (χ0) is 7.84. The lowest BCUT2D eigenvalue weighted by molar-refractivity contribution is -0.123. The van der Waals surface area contributed by atoms with Crippen molar-refractivity contribution in [1.82, 2.24) is 4.90 Å². The van der Waals surface area contributed by atoms with Crippen LogP contribution >= 0.6 is 0 Å². The molecule has 0 radical (unpaired) electrons. The number of carbonyl (C=O) groups excluding carboxylic acids is 1. The summed E-state index contributed by atoms with van der Waals surface area (Å²) in [6, 6.07) is 0. The predicted octanol–water partition coefficient (Wildman–Crippen LogP) is -0.236. The van der Waals surface area contributed by atoms with Gasteiger partial charge in [0.05, 0.1) is 13.2 Å². The maximum atomic E-state index is 11.2. The lowest BCUT2D eigenvalue weighted by Gasteiger charge is -2.19. The van der Waals surface area contributed by atoms with Gasteiger partial charge >= 0.3 is 0 Å². The highest BCUT2D eigenvalue weighted by Gasteiger charge is 2.43. The molecule has 2 aliphatic rings. The van der Waals surface area contributed by atoms with Crippen molar-refractivity contribution in [3.63, 3.8) is 0 Å². The molecule has 62 valence electrons. The molecule has 2 fully saturated rings. The van der Waals surface area contributed by atoms with Gasteiger partial charge in [0, 0.05) is 32.0 Å². The quantitative estimate of drug-likeness (QED) is 0.551. The van der Waals surface area contributed by atoms with Gasteiger partial charge in [-0.15, -0.1) is 0 Å². The van der Waals surface area contributed by atoms with Crippen LogP contribution in [-0.2, 0) is 9.53 Å². The highest BCUT2D eigenvalue weighted by molar-refractivity contribution is 5.86. The lowest BCUT2D eigenvalue weighted by Crippen LogP contribution is -2.32. The summed E-state index contributed by atoms with van der Waals surface area (Å²) in [6.07, 6.45) is 0. The number of piperidine rings is 1. The number of methoxy groups -OCH3 is 1. The molecule has 0 spiro atoms. The summed E-state index contributed by atoms with van der Waals surface area (Å²) in [6.45, 7) is 3.47. The Hall–Kier alpha value is -0.410. The van der Waals surface area contributed by atoms with Crippen LogP contribution in [0.4, 0.5) is 0 Å². The highest BCUT2D eigenvalue weighted by atomic mass is 16.5. The van der Waals surface area contributed by atoms with Gasteiger partial charge in [0.15, 0.2) is 5.78 Å². The van der Waals surface area contributed by atoms with Crippen LogP contribution in [-0.4, -0.2) is 44.0 Å². The zero-order valence-electron chi connectivity index (χ0n) is 6.75. The molecule has 3 heteroatoms. The maximum absolute atomic E-state index is 11.2. The van der Waals surface area contributed by atoms with E-state index in [1.54, 1.807) is 7.11 Å². The van der Waals surface area contributed by atoms with Gasteiger partial charge in [-0.3, -0.25) is 9.69 Å². The summed E-state index contributed by atoms with van der Waals surface area (Å²) < 4.78 is 5.05. The number of rotatable bonds is 2. The third-order valence-corrected chi connectivity index (χ3v) is 2.69. The maximum Gasteiger partial charge on any atom is 0.151 e. The van der Waals surface area contributed by atoms with E-state index in [9.17, 15) is 4.79 Å². The monoisotopic (exact) mass is 155 g/mol. The van der Waals surface area contributed by atoms with Gasteiger partial charge in [-0.25, -0.2) is 0 Å². The third kappa shape index (κ3) is 1.08. The molecule has 0 saturated carbocycles. The second-order valence-electron chi connectivity index (χ2n) is 3.48. The van der Waals surface area contributed by atoms with Crippen LogP contribution in [0.15, 0.2) is 0 Å². The largest absolute Gasteiger partial charge is 0.384 e. The van der Waals surface area contributed by atoms with E-state index < -0.39 is 0 Å². The summed E-state index contributed by atoms with van der Waals surface area (Å²) in [4.78, 5) is 13.4. The topological polar surface area (TPSA) is 29.5 Å². The second kappa shape index (κ2) is 2.57. The number of ketones is 1. The molecule has 0 amide bonds. The van der Waals surface area contributed by atoms with Gasteiger partial charge in [0.25, 0.3) is 0 Å². The minimum Gasteiger partial charge on any atom is -0.384 e. The molecule has 2 heterocycles. The van der Waals surface area contributed by atoms with Crippen LogP contribution in [0.5, 0.6) is 0 Å². The fraction of sp³-hybridized carbons (Fsp3) is 0.875. The molecule has 2 rings (SSSR count). The van der Waals surface area contributed by atoms with Gasteiger partial charge in [-0.05, 0) is 0 Å². The Morgan fingerprint density at radius 2 is 2.45 bits per heavy atom. The van der Waals surface area contributed by atoms with Crippen molar-refractivity contribution >= 4 is 5.78 Å². The minimum atomic E-state index is 0.287. The third-order valence-electron chi connectivity index (χ3n) is 2.69. The molecule has 3 atom stereocenters. The molecule has 2 bridgehead atoms. The van der Waals surface area contributed by atoms with Crippen LogP contribution in [0, 0.1) is 11.8 Å². The van der Waals surface area contributed by atoms with Gasteiger partial charge in [0.2, 0.25) is 0 Å². The smallest absolute Gasteiger partial charge is 0.151 e. The first-order valence-corrected chi connectivity index (χ1v) is 4.05. The Balaban J connectivity index is 2.01. The van der Waals surface area contributed by atoms with E-state index in [1.165, 1.54) is 0 Å². The van der Waals surface area contributed by atoms with Crippen LogP contribution in [0.25, 0.3) is 0 Å². The molecule has 11 heavy (non-hydrogen) atoms. The number of hydrogen-bond donors (Lipinski definition) is 0. The van der Waals surface area contributed by atoms with Crippen molar-refractivity contribution in [2.24, 2.45) is 11.8 Å². The van der Waals surface area contributed by atoms with Crippen molar-refractivity contribution in [3.8, 4) is 0 Å². The standard InChI is InChI=1S/C8H13NO2/c1-11-5-6-2-9-3-7(6)8(10)4-9/h6-7H,2-5H2,1H3. The van der Waals surface area contributed by atoms with Crippen LogP contribution < -0.4 is 0 Å². The summed E-state index contributed by atoms with van der Waals surface area (Å²) in [5.74, 6) is 1.18. The first kappa shape index (κ1) is 7.25. The Morgan fingerprint density at radius 3 is 3.00 bits per heavy atom. The normalized spacial score (nSPS) is 41.9. The summed E-state index contributed by atoms with van der Waals surface area (Å²) in [7, 11) is 1.70. The van der Waals surface area contributed by atoms with Gasteiger partial charge in [-0.1, -0.05) is 0 Å². The lowest BCUT2D eigenvalue weighted by atomic mass is 9.92. The molecule has 2 aliphatic heterocycles. The Bertz CT molecular complexity index is 181. The van der Waals surface area contributed by atoms with Crippen molar-refractivity contribution in [2.45, 2.75) is 0 Å². The SMILES string of the molecule is COCC1CN2CC(=O)C1C2. The average molecular weight is 155 g/mol. The number of nitrogens with zero attached hydrogens (tertiary/aromatic N) is 1. The van der Waals surface area contributed by atoms with E-state index in [2.05, 4.69) is 4.90 Å². The molecule has 0 aromatic heterocycles. The number of fused-ring (bicyclic) bond motifs is 2. The number of hydrogen-bond acceptors (Lipinski definition) is 3. The Kier molecular flexibility index (Phi) is 1.69. The van der Waals surface area contributed by atoms with Crippen molar-refractivity contribution in [3.05, 3.63) is 0 Å². The highest BCUT2D eigenvalue weighted by Crippen LogP contribution is 2.30. The van der Waals surface area contributed by atoms with E-state index in [0.29, 0.717) is 18.2 Å². The summed E-state index contributed by atoms with van der Waals surface area (Å²) in [5.41, 5.74) is 0. The van der Waals surface area contributed by atoms with Gasteiger partial charge in [-0.2, -0.15) is 0 Å². The van der Waals surface area contributed by atoms with Gasteiger partial charge < -0.3 is 4.74 Å². The fourth-order valence-corrected chi connectivity index (χ4v) is 2.18. The van der Waals surface area contributed by atoms with E-state index >= 15 is 0 Å². The molecular weight excluding hydrogens is 142 g/mol. The number of carbonyl (C=O) groups is 1. The van der Waals surface area contributed by atoms with E-state index in [1.807, 2.05) is 0 Å². The van der Waals surface area contributed by atoms with Crippen molar-refractivity contribution in [2.75, 3.05) is 33.4 Å². The van der Waals surface area contributed by atoms with Crippen molar-refractivity contribution in [1.29, 1.82) is 0 Å². The molecular formula is C8H13NO2. The fourth-order valence-electron chi connectivity index (χ4n) is 2.18. The number of ether oxygens (including phenoxy) is 1. The van der Waals surface area contributed by atoms with Crippen LogP contribution in [0.2, 0.25) is 0 Å². The molecule has 0 aromatic carbocycles. The average Bonchev–Trinajstić information content (AvgIpc) is 2.46. The molecule has 3 unspecified atom stereocenters. The number of Topliss-reactive ketones (excluding diaryl/α,β-unsaturated/α-hetero) is 1. The van der Waals surface area contributed by atoms with Crippen LogP contribution in [0.3, 0.4) is 0 Å². The van der Waals surface area contributed by atoms with E-state index in [-0.39, 0.29) is 5.92 Å². The van der Waals surface area contributed by atoms with Gasteiger partial charge in [0.1, 0.15) is 0 Å². The molecule has 0 aliphatic carbocycles. The Labute approximate surface area is 66.3 Å². The first-order chi connectivity index (χ1) is 5.31. The zero-order valence-corrected chi connectivity index (χ0v) is 6.75. The first-order valence-electron chi connectivity index (χ1n) is 4.05. The Morgan fingerprint density at radius 1 is 1.64 bits per heavy atom. The molecule has 0 N–H and O–H groups in total.